The van der Waals surface area contributed by atoms with Gasteiger partial charge < -0.3 is 25.6 Å². The Morgan fingerprint density at radius 2 is 2.04 bits per heavy atom. The first-order chi connectivity index (χ1) is 11.5. The van der Waals surface area contributed by atoms with E-state index in [9.17, 15) is 9.59 Å². The standard InChI is InChI=1S/C17H26N4O3/c1-12-8-15(21(2)3)5-4-13(12)9-19-16(22)17(23)20-10-14-11-24-7-6-18-14/h4-5,8,14,18H,6-7,9-11H2,1-3H3,(H,19,22)(H,20,23). The minimum Gasteiger partial charge on any atom is -0.378 e. The van der Waals surface area contributed by atoms with Gasteiger partial charge in [0.25, 0.3) is 0 Å². The van der Waals surface area contributed by atoms with Crippen molar-refractivity contribution in [1.82, 2.24) is 16.0 Å². The van der Waals surface area contributed by atoms with Crippen LogP contribution in [0, 0.1) is 6.92 Å². The molecule has 0 aliphatic carbocycles. The topological polar surface area (TPSA) is 82.7 Å². The Hall–Kier alpha value is -2.12. The molecule has 0 spiro atoms. The normalized spacial score (nSPS) is 17.2. The average Bonchev–Trinajstić information content (AvgIpc) is 2.59. The van der Waals surface area contributed by atoms with Gasteiger partial charge in [-0.1, -0.05) is 6.07 Å². The van der Waals surface area contributed by atoms with E-state index in [4.69, 9.17) is 4.74 Å². The highest BCUT2D eigenvalue weighted by molar-refractivity contribution is 6.35. The molecule has 1 fully saturated rings. The van der Waals surface area contributed by atoms with Gasteiger partial charge in [-0.25, -0.2) is 0 Å². The summed E-state index contributed by atoms with van der Waals surface area (Å²) in [5, 5.41) is 8.50. The van der Waals surface area contributed by atoms with Crippen molar-refractivity contribution in [2.75, 3.05) is 45.3 Å². The van der Waals surface area contributed by atoms with Crippen molar-refractivity contribution < 1.29 is 14.3 Å². The molecule has 132 valence electrons. The van der Waals surface area contributed by atoms with Crippen LogP contribution in [0.25, 0.3) is 0 Å². The fourth-order valence-corrected chi connectivity index (χ4v) is 2.46. The highest BCUT2D eigenvalue weighted by Crippen LogP contribution is 2.17. The number of carbonyl (C=O) groups excluding carboxylic acids is 2. The molecule has 0 saturated carbocycles. The number of anilines is 1. The highest BCUT2D eigenvalue weighted by atomic mass is 16.5. The zero-order valence-electron chi connectivity index (χ0n) is 14.5. The second-order valence-corrected chi connectivity index (χ2v) is 6.12. The molecule has 1 aromatic rings. The molecule has 2 amide bonds. The summed E-state index contributed by atoms with van der Waals surface area (Å²) in [6, 6.07) is 6.06. The third kappa shape index (κ3) is 5.21. The third-order valence-corrected chi connectivity index (χ3v) is 4.00. The van der Waals surface area contributed by atoms with Crippen LogP contribution < -0.4 is 20.9 Å². The third-order valence-electron chi connectivity index (χ3n) is 4.00. The van der Waals surface area contributed by atoms with Crippen LogP contribution in [0.2, 0.25) is 0 Å². The molecular formula is C17H26N4O3. The molecule has 1 aliphatic heterocycles. The smallest absolute Gasteiger partial charge is 0.309 e. The van der Waals surface area contributed by atoms with Crippen molar-refractivity contribution >= 4 is 17.5 Å². The number of nitrogens with zero attached hydrogens (tertiary/aromatic N) is 1. The molecule has 1 atom stereocenters. The number of hydrogen-bond donors (Lipinski definition) is 3. The number of hydrogen-bond acceptors (Lipinski definition) is 5. The zero-order valence-corrected chi connectivity index (χ0v) is 14.5. The molecule has 3 N–H and O–H groups in total. The highest BCUT2D eigenvalue weighted by Gasteiger charge is 2.17. The van der Waals surface area contributed by atoms with Gasteiger partial charge in [0.05, 0.1) is 13.2 Å². The molecule has 1 unspecified atom stereocenters. The number of rotatable bonds is 5. The largest absolute Gasteiger partial charge is 0.378 e. The van der Waals surface area contributed by atoms with E-state index in [-0.39, 0.29) is 6.04 Å². The van der Waals surface area contributed by atoms with E-state index in [1.165, 1.54) is 0 Å². The van der Waals surface area contributed by atoms with Crippen molar-refractivity contribution in [2.24, 2.45) is 0 Å². The Morgan fingerprint density at radius 3 is 2.67 bits per heavy atom. The summed E-state index contributed by atoms with van der Waals surface area (Å²) in [4.78, 5) is 25.7. The average molecular weight is 334 g/mol. The van der Waals surface area contributed by atoms with Gasteiger partial charge in [0.2, 0.25) is 0 Å². The summed E-state index contributed by atoms with van der Waals surface area (Å²) in [5.41, 5.74) is 3.16. The van der Waals surface area contributed by atoms with Crippen LogP contribution >= 0.6 is 0 Å². The second-order valence-electron chi connectivity index (χ2n) is 6.12. The van der Waals surface area contributed by atoms with Crippen molar-refractivity contribution in [2.45, 2.75) is 19.5 Å². The van der Waals surface area contributed by atoms with Gasteiger partial charge in [0.1, 0.15) is 0 Å². The molecule has 7 heteroatoms. The van der Waals surface area contributed by atoms with Crippen LogP contribution in [-0.2, 0) is 20.9 Å². The number of carbonyl (C=O) groups is 2. The van der Waals surface area contributed by atoms with Gasteiger partial charge in [0.15, 0.2) is 0 Å². The van der Waals surface area contributed by atoms with Gasteiger partial charge in [0, 0.05) is 45.5 Å². The van der Waals surface area contributed by atoms with E-state index >= 15 is 0 Å². The summed E-state index contributed by atoms with van der Waals surface area (Å²) >= 11 is 0. The van der Waals surface area contributed by atoms with Gasteiger partial charge in [-0.2, -0.15) is 0 Å². The molecule has 1 aliphatic rings. The first-order valence-electron chi connectivity index (χ1n) is 8.11. The molecule has 1 saturated heterocycles. The van der Waals surface area contributed by atoms with Crippen LogP contribution in [0.4, 0.5) is 5.69 Å². The lowest BCUT2D eigenvalue weighted by Crippen LogP contribution is -2.50. The molecule has 1 aromatic carbocycles. The Labute approximate surface area is 142 Å². The Morgan fingerprint density at radius 1 is 1.29 bits per heavy atom. The number of nitrogens with one attached hydrogen (secondary N) is 3. The van der Waals surface area contributed by atoms with E-state index in [1.54, 1.807) is 0 Å². The lowest BCUT2D eigenvalue weighted by molar-refractivity contribution is -0.139. The van der Waals surface area contributed by atoms with Crippen LogP contribution in [0.5, 0.6) is 0 Å². The Balaban J connectivity index is 1.78. The van der Waals surface area contributed by atoms with Crippen molar-refractivity contribution in [3.05, 3.63) is 29.3 Å². The fourth-order valence-electron chi connectivity index (χ4n) is 2.46. The monoisotopic (exact) mass is 334 g/mol. The quantitative estimate of drug-likeness (QED) is 0.649. The predicted molar refractivity (Wildman–Crippen MR) is 93.0 cm³/mol. The van der Waals surface area contributed by atoms with Gasteiger partial charge in [-0.3, -0.25) is 9.59 Å². The number of ether oxygens (including phenoxy) is 1. The van der Waals surface area contributed by atoms with E-state index < -0.39 is 11.8 Å². The molecule has 0 aromatic heterocycles. The Kier molecular flexibility index (Phi) is 6.57. The maximum absolute atomic E-state index is 11.9. The summed E-state index contributed by atoms with van der Waals surface area (Å²) in [6.07, 6.45) is 0. The number of morpholine rings is 1. The van der Waals surface area contributed by atoms with Crippen molar-refractivity contribution in [3.63, 3.8) is 0 Å². The van der Waals surface area contributed by atoms with Gasteiger partial charge >= 0.3 is 11.8 Å². The molecule has 0 bridgehead atoms. The van der Waals surface area contributed by atoms with Crippen molar-refractivity contribution in [3.8, 4) is 0 Å². The maximum atomic E-state index is 11.9. The van der Waals surface area contributed by atoms with Gasteiger partial charge in [-0.05, 0) is 30.2 Å². The van der Waals surface area contributed by atoms with E-state index in [2.05, 4.69) is 22.0 Å². The first-order valence-corrected chi connectivity index (χ1v) is 8.11. The molecule has 2 rings (SSSR count). The van der Waals surface area contributed by atoms with Crippen LogP contribution in [0.3, 0.4) is 0 Å². The SMILES string of the molecule is Cc1cc(N(C)C)ccc1CNC(=O)C(=O)NCC1COCCN1. The van der Waals surface area contributed by atoms with E-state index in [0.717, 1.165) is 23.4 Å². The Bertz CT molecular complexity index is 583. The lowest BCUT2D eigenvalue weighted by Gasteiger charge is -2.23. The molecule has 7 nitrogen and oxygen atoms in total. The van der Waals surface area contributed by atoms with Crippen molar-refractivity contribution in [1.29, 1.82) is 0 Å². The minimum absolute atomic E-state index is 0.0522. The van der Waals surface area contributed by atoms with Crippen LogP contribution in [-0.4, -0.2) is 58.3 Å². The number of aryl methyl sites for hydroxylation is 1. The number of benzene rings is 1. The summed E-state index contributed by atoms with van der Waals surface area (Å²) in [7, 11) is 3.96. The fraction of sp³-hybridized carbons (Fsp3) is 0.529. The maximum Gasteiger partial charge on any atom is 0.309 e. The molecule has 24 heavy (non-hydrogen) atoms. The minimum atomic E-state index is -0.622. The second kappa shape index (κ2) is 8.65. The first kappa shape index (κ1) is 18.2. The zero-order chi connectivity index (χ0) is 17.5. The summed E-state index contributed by atoms with van der Waals surface area (Å²) in [5.74, 6) is -1.24. The summed E-state index contributed by atoms with van der Waals surface area (Å²) in [6.45, 7) is 4.67. The number of amides is 2. The predicted octanol–water partition coefficient (Wildman–Crippen LogP) is -0.218. The van der Waals surface area contributed by atoms with Crippen LogP contribution in [0.1, 0.15) is 11.1 Å². The molecule has 1 heterocycles. The lowest BCUT2D eigenvalue weighted by atomic mass is 10.1. The molecule has 0 radical (unpaired) electrons. The molecular weight excluding hydrogens is 308 g/mol. The van der Waals surface area contributed by atoms with Crippen LogP contribution in [0.15, 0.2) is 18.2 Å². The summed E-state index contributed by atoms with van der Waals surface area (Å²) < 4.78 is 5.30. The van der Waals surface area contributed by atoms with Gasteiger partial charge in [-0.15, -0.1) is 0 Å². The van der Waals surface area contributed by atoms with E-state index in [1.807, 2.05) is 38.1 Å². The van der Waals surface area contributed by atoms with E-state index in [0.29, 0.717) is 26.3 Å².